The fourth-order valence-electron chi connectivity index (χ4n) is 4.78. The van der Waals surface area contributed by atoms with Crippen molar-refractivity contribution in [1.82, 2.24) is 35.3 Å². The van der Waals surface area contributed by atoms with Gasteiger partial charge in [-0.05, 0) is 94.0 Å². The van der Waals surface area contributed by atoms with E-state index < -0.39 is 29.2 Å². The van der Waals surface area contributed by atoms with Gasteiger partial charge in [-0.3, -0.25) is 9.69 Å². The lowest BCUT2D eigenvalue weighted by Crippen LogP contribution is -2.61. The summed E-state index contributed by atoms with van der Waals surface area (Å²) < 4.78 is 6.91. The average molecular weight is 548 g/mol. The Labute approximate surface area is 228 Å². The van der Waals surface area contributed by atoms with Crippen molar-refractivity contribution in [2.75, 3.05) is 6.54 Å². The molecule has 3 rings (SSSR count). The zero-order valence-electron chi connectivity index (χ0n) is 23.2. The van der Waals surface area contributed by atoms with E-state index in [0.29, 0.717) is 29.2 Å². The van der Waals surface area contributed by atoms with Gasteiger partial charge in [0.15, 0.2) is 0 Å². The summed E-state index contributed by atoms with van der Waals surface area (Å²) >= 11 is 6.33. The number of amides is 4. The van der Waals surface area contributed by atoms with Crippen molar-refractivity contribution < 1.29 is 19.1 Å². The first-order chi connectivity index (χ1) is 17.7. The van der Waals surface area contributed by atoms with Crippen LogP contribution in [0.2, 0.25) is 5.02 Å². The molecule has 12 heteroatoms. The minimum absolute atomic E-state index is 0.0219. The van der Waals surface area contributed by atoms with Gasteiger partial charge in [-0.1, -0.05) is 25.4 Å². The molecule has 1 aromatic carbocycles. The number of carbonyl (C=O) groups is 3. The van der Waals surface area contributed by atoms with Crippen LogP contribution >= 0.6 is 11.6 Å². The highest BCUT2D eigenvalue weighted by Crippen LogP contribution is 2.28. The maximum Gasteiger partial charge on any atom is 0.408 e. The Kier molecular flexibility index (Phi) is 9.01. The van der Waals surface area contributed by atoms with Crippen LogP contribution in [0.25, 0.3) is 5.69 Å². The van der Waals surface area contributed by atoms with Crippen LogP contribution in [0.1, 0.15) is 73.3 Å². The fourth-order valence-corrected chi connectivity index (χ4v) is 4.97. The van der Waals surface area contributed by atoms with Gasteiger partial charge in [0.05, 0.1) is 12.2 Å². The Morgan fingerprint density at radius 1 is 1.24 bits per heavy atom. The summed E-state index contributed by atoms with van der Waals surface area (Å²) in [6.07, 6.45) is 2.69. The molecule has 1 aromatic heterocycles. The van der Waals surface area contributed by atoms with Crippen LogP contribution in [0.15, 0.2) is 24.5 Å². The second-order valence-electron chi connectivity index (χ2n) is 11.4. The van der Waals surface area contributed by atoms with Crippen LogP contribution in [0, 0.1) is 5.92 Å². The van der Waals surface area contributed by atoms with Crippen molar-refractivity contribution in [3.63, 3.8) is 0 Å². The molecule has 1 fully saturated rings. The number of alkyl carbamates (subject to hydrolysis) is 1. The van der Waals surface area contributed by atoms with E-state index in [-0.39, 0.29) is 18.5 Å². The summed E-state index contributed by atoms with van der Waals surface area (Å²) in [5.41, 5.74) is -1.02. The Morgan fingerprint density at radius 2 is 1.95 bits per heavy atom. The van der Waals surface area contributed by atoms with Crippen molar-refractivity contribution in [3.05, 3.63) is 35.1 Å². The van der Waals surface area contributed by atoms with Gasteiger partial charge in [0, 0.05) is 17.6 Å². The molecular weight excluding hydrogens is 510 g/mol. The van der Waals surface area contributed by atoms with E-state index >= 15 is 0 Å². The predicted molar refractivity (Wildman–Crippen MR) is 143 cm³/mol. The SMILES string of the molecule is CC(C)C[C@](C)(NC(=O)OC(C)(C)C)C(=O)N(Cc1cc(Cl)ccc1-n1cnnn1)C(=O)N1CCC[C@H]1C. The molecule has 38 heavy (non-hydrogen) atoms. The smallest absolute Gasteiger partial charge is 0.408 e. The second kappa shape index (κ2) is 11.7. The largest absolute Gasteiger partial charge is 0.444 e. The molecule has 0 spiro atoms. The molecule has 1 N–H and O–H groups in total. The van der Waals surface area contributed by atoms with Gasteiger partial charge < -0.3 is 15.0 Å². The van der Waals surface area contributed by atoms with E-state index in [1.165, 1.54) is 15.9 Å². The molecule has 0 bridgehead atoms. The predicted octanol–water partition coefficient (Wildman–Crippen LogP) is 4.58. The quantitative estimate of drug-likeness (QED) is 0.538. The lowest BCUT2D eigenvalue weighted by Gasteiger charge is -2.38. The number of tetrazole rings is 1. The van der Waals surface area contributed by atoms with Crippen LogP contribution in [-0.4, -0.2) is 71.8 Å². The van der Waals surface area contributed by atoms with Crippen LogP contribution in [0.4, 0.5) is 9.59 Å². The van der Waals surface area contributed by atoms with Crippen LogP contribution in [0.5, 0.6) is 0 Å². The number of aromatic nitrogens is 4. The van der Waals surface area contributed by atoms with E-state index in [1.54, 1.807) is 50.8 Å². The minimum Gasteiger partial charge on any atom is -0.444 e. The molecule has 0 unspecified atom stereocenters. The molecule has 2 aromatic rings. The first kappa shape index (κ1) is 29.3. The molecule has 208 valence electrons. The number of rotatable bonds is 7. The maximum absolute atomic E-state index is 14.3. The number of hydrogen-bond acceptors (Lipinski definition) is 7. The van der Waals surface area contributed by atoms with Crippen molar-refractivity contribution in [1.29, 1.82) is 0 Å². The summed E-state index contributed by atoms with van der Waals surface area (Å²) in [6.45, 7) is 13.2. The number of halogens is 1. The van der Waals surface area contributed by atoms with E-state index in [2.05, 4.69) is 20.8 Å². The Balaban J connectivity index is 2.05. The zero-order valence-corrected chi connectivity index (χ0v) is 23.9. The van der Waals surface area contributed by atoms with Gasteiger partial charge >= 0.3 is 12.1 Å². The number of benzene rings is 1. The maximum atomic E-state index is 14.3. The van der Waals surface area contributed by atoms with Gasteiger partial charge in [-0.25, -0.2) is 14.3 Å². The number of nitrogens with zero attached hydrogens (tertiary/aromatic N) is 6. The molecule has 0 saturated carbocycles. The minimum atomic E-state index is -1.41. The lowest BCUT2D eigenvalue weighted by atomic mass is 9.89. The second-order valence-corrected chi connectivity index (χ2v) is 11.9. The average Bonchev–Trinajstić information content (AvgIpc) is 3.46. The summed E-state index contributed by atoms with van der Waals surface area (Å²) in [6, 6.07) is 4.65. The van der Waals surface area contributed by atoms with E-state index in [0.717, 1.165) is 12.8 Å². The molecule has 1 saturated heterocycles. The third kappa shape index (κ3) is 7.21. The topological polar surface area (TPSA) is 123 Å². The summed E-state index contributed by atoms with van der Waals surface area (Å²) in [5.74, 6) is -0.506. The number of likely N-dealkylation sites (tertiary alicyclic amines) is 1. The third-order valence-electron chi connectivity index (χ3n) is 6.31. The van der Waals surface area contributed by atoms with Gasteiger partial charge in [0.25, 0.3) is 5.91 Å². The molecule has 4 amide bonds. The number of hydrogen-bond donors (Lipinski definition) is 1. The number of carbonyl (C=O) groups excluding carboxylic acids is 3. The van der Waals surface area contributed by atoms with Gasteiger partial charge in [0.1, 0.15) is 17.5 Å². The van der Waals surface area contributed by atoms with E-state index in [9.17, 15) is 14.4 Å². The molecule has 0 radical (unpaired) electrons. The third-order valence-corrected chi connectivity index (χ3v) is 6.54. The van der Waals surface area contributed by atoms with Crippen LogP contribution in [-0.2, 0) is 16.1 Å². The molecule has 2 heterocycles. The fraction of sp³-hybridized carbons (Fsp3) is 0.615. The highest BCUT2D eigenvalue weighted by Gasteiger charge is 2.44. The highest BCUT2D eigenvalue weighted by atomic mass is 35.5. The Morgan fingerprint density at radius 3 is 2.50 bits per heavy atom. The van der Waals surface area contributed by atoms with E-state index in [4.69, 9.17) is 16.3 Å². The number of nitrogens with one attached hydrogen (secondary N) is 1. The number of urea groups is 1. The van der Waals surface area contributed by atoms with Crippen molar-refractivity contribution in [2.45, 2.75) is 91.5 Å². The molecule has 0 aliphatic carbocycles. The Hall–Kier alpha value is -3.21. The highest BCUT2D eigenvalue weighted by molar-refractivity contribution is 6.30. The molecule has 2 atom stereocenters. The zero-order chi connectivity index (χ0) is 28.3. The van der Waals surface area contributed by atoms with Gasteiger partial charge in [-0.15, -0.1) is 5.10 Å². The summed E-state index contributed by atoms with van der Waals surface area (Å²) in [5, 5.41) is 14.6. The van der Waals surface area contributed by atoms with Crippen LogP contribution in [0.3, 0.4) is 0 Å². The molecule has 11 nitrogen and oxygen atoms in total. The summed E-state index contributed by atoms with van der Waals surface area (Å²) in [4.78, 5) is 44.0. The van der Waals surface area contributed by atoms with E-state index in [1.807, 2.05) is 20.8 Å². The van der Waals surface area contributed by atoms with Gasteiger partial charge in [-0.2, -0.15) is 0 Å². The van der Waals surface area contributed by atoms with Crippen molar-refractivity contribution in [2.24, 2.45) is 5.92 Å². The normalized spacial score (nSPS) is 17.3. The number of ether oxygens (including phenoxy) is 1. The van der Waals surface area contributed by atoms with Crippen molar-refractivity contribution in [3.8, 4) is 5.69 Å². The molecule has 1 aliphatic rings. The monoisotopic (exact) mass is 547 g/mol. The van der Waals surface area contributed by atoms with Gasteiger partial charge in [0.2, 0.25) is 0 Å². The van der Waals surface area contributed by atoms with Crippen LogP contribution < -0.4 is 5.32 Å². The first-order valence-corrected chi connectivity index (χ1v) is 13.2. The molecule has 1 aliphatic heterocycles. The Bertz CT molecular complexity index is 1150. The first-order valence-electron chi connectivity index (χ1n) is 12.9. The van der Waals surface area contributed by atoms with Crippen molar-refractivity contribution >= 4 is 29.6 Å². The number of imide groups is 1. The summed E-state index contributed by atoms with van der Waals surface area (Å²) in [7, 11) is 0. The molecular formula is C26H38ClN7O4. The lowest BCUT2D eigenvalue weighted by molar-refractivity contribution is -0.136. The standard InChI is InChI=1S/C26H38ClN7O4/c1-17(2)14-26(7,29-23(36)38-25(4,5)6)22(35)33(24(37)32-12-8-9-18(32)3)15-19-13-20(27)10-11-21(19)34-16-28-30-31-34/h10-11,13,16-18H,8-9,12,14-15H2,1-7H3,(H,29,36)/t18-,26+/m1/s1.